The molecule has 4 aromatic rings. The highest BCUT2D eigenvalue weighted by atomic mass is 19.1. The summed E-state index contributed by atoms with van der Waals surface area (Å²) in [6, 6.07) is 10.7. The van der Waals surface area contributed by atoms with Gasteiger partial charge < -0.3 is 14.5 Å². The fraction of sp³-hybridized carbons (Fsp3) is 0.0455. The fourth-order valence-corrected chi connectivity index (χ4v) is 3.61. The number of aromatic nitrogens is 2. The molecule has 0 aliphatic carbocycles. The first-order valence-corrected chi connectivity index (χ1v) is 9.19. The maximum atomic E-state index is 13.6. The summed E-state index contributed by atoms with van der Waals surface area (Å²) in [5.74, 6) is -3.22. The number of ketones is 1. The number of hydrogen-bond acceptors (Lipinski definition) is 5. The molecule has 7 nitrogen and oxygen atoms in total. The predicted octanol–water partition coefficient (Wildman–Crippen LogP) is 4.06. The van der Waals surface area contributed by atoms with Crippen LogP contribution >= 0.6 is 0 Å². The van der Waals surface area contributed by atoms with Crippen LogP contribution in [0.1, 0.15) is 17.4 Å². The molecule has 154 valence electrons. The van der Waals surface area contributed by atoms with E-state index in [0.717, 1.165) is 17.0 Å². The van der Waals surface area contributed by atoms with Gasteiger partial charge >= 0.3 is 5.91 Å². The number of aromatic amines is 1. The smallest absolute Gasteiger partial charge is 0.302 e. The van der Waals surface area contributed by atoms with Gasteiger partial charge in [0.15, 0.2) is 0 Å². The van der Waals surface area contributed by atoms with Gasteiger partial charge in [-0.05, 0) is 54.6 Å². The van der Waals surface area contributed by atoms with Crippen LogP contribution in [0.25, 0.3) is 16.8 Å². The average Bonchev–Trinajstić information content (AvgIpc) is 3.47. The predicted molar refractivity (Wildman–Crippen MR) is 106 cm³/mol. The Morgan fingerprint density at radius 1 is 1.06 bits per heavy atom. The zero-order chi connectivity index (χ0) is 21.7. The lowest BCUT2D eigenvalue weighted by atomic mass is 9.99. The second kappa shape index (κ2) is 6.91. The maximum absolute atomic E-state index is 13.6. The van der Waals surface area contributed by atoms with Gasteiger partial charge in [0.1, 0.15) is 29.2 Å². The van der Waals surface area contributed by atoms with Gasteiger partial charge in [-0.15, -0.1) is 0 Å². The molecule has 0 bridgehead atoms. The third-order valence-electron chi connectivity index (χ3n) is 5.03. The Morgan fingerprint density at radius 3 is 2.52 bits per heavy atom. The number of halogens is 2. The molecule has 1 amide bonds. The molecule has 1 aliphatic heterocycles. The first kappa shape index (κ1) is 18.7. The van der Waals surface area contributed by atoms with Gasteiger partial charge in [0.05, 0.1) is 22.9 Å². The van der Waals surface area contributed by atoms with Crippen molar-refractivity contribution in [1.82, 2.24) is 9.97 Å². The third-order valence-corrected chi connectivity index (χ3v) is 5.03. The number of aliphatic hydroxyl groups excluding tert-OH is 1. The number of aliphatic hydroxyl groups is 1. The van der Waals surface area contributed by atoms with E-state index in [1.807, 2.05) is 0 Å². The number of anilines is 1. The minimum Gasteiger partial charge on any atom is -0.507 e. The molecule has 5 rings (SSSR count). The van der Waals surface area contributed by atoms with E-state index in [9.17, 15) is 23.5 Å². The number of H-pyrrole nitrogens is 1. The van der Waals surface area contributed by atoms with E-state index in [4.69, 9.17) is 4.42 Å². The van der Waals surface area contributed by atoms with Gasteiger partial charge in [-0.3, -0.25) is 14.5 Å². The Hall–Kier alpha value is -4.27. The van der Waals surface area contributed by atoms with Crippen LogP contribution in [0.15, 0.2) is 70.9 Å². The van der Waals surface area contributed by atoms with Crippen LogP contribution in [0.3, 0.4) is 0 Å². The quantitative estimate of drug-likeness (QED) is 0.295. The molecule has 0 radical (unpaired) electrons. The second-order valence-corrected chi connectivity index (χ2v) is 6.91. The van der Waals surface area contributed by atoms with Gasteiger partial charge in [0.2, 0.25) is 5.95 Å². The van der Waals surface area contributed by atoms with Crippen molar-refractivity contribution in [1.29, 1.82) is 0 Å². The van der Waals surface area contributed by atoms with Crippen molar-refractivity contribution in [3.8, 4) is 0 Å². The Bertz CT molecular complexity index is 1360. The topological polar surface area (TPSA) is 99.4 Å². The van der Waals surface area contributed by atoms with Crippen LogP contribution < -0.4 is 4.90 Å². The Morgan fingerprint density at radius 2 is 1.81 bits per heavy atom. The largest absolute Gasteiger partial charge is 0.507 e. The van der Waals surface area contributed by atoms with Crippen LogP contribution in [0.4, 0.5) is 14.7 Å². The van der Waals surface area contributed by atoms with Crippen molar-refractivity contribution < 1.29 is 27.9 Å². The van der Waals surface area contributed by atoms with E-state index in [0.29, 0.717) is 11.0 Å². The summed E-state index contributed by atoms with van der Waals surface area (Å²) in [7, 11) is 0. The Balaban J connectivity index is 1.71. The number of carbonyl (C=O) groups excluding carboxylic acids is 2. The summed E-state index contributed by atoms with van der Waals surface area (Å²) in [4.78, 5) is 34.0. The van der Waals surface area contributed by atoms with Gasteiger partial charge in [0.25, 0.3) is 5.78 Å². The van der Waals surface area contributed by atoms with Crippen LogP contribution in [-0.2, 0) is 9.59 Å². The normalized spacial score (nSPS) is 18.3. The van der Waals surface area contributed by atoms with Gasteiger partial charge in [-0.25, -0.2) is 13.8 Å². The molecule has 2 aromatic heterocycles. The zero-order valence-corrected chi connectivity index (χ0v) is 15.7. The van der Waals surface area contributed by atoms with Gasteiger partial charge in [0, 0.05) is 5.56 Å². The summed E-state index contributed by atoms with van der Waals surface area (Å²) in [5, 5.41) is 10.8. The summed E-state index contributed by atoms with van der Waals surface area (Å²) in [6.07, 6.45) is 1.36. The van der Waals surface area contributed by atoms with E-state index in [2.05, 4.69) is 9.97 Å². The van der Waals surface area contributed by atoms with Crippen molar-refractivity contribution in [2.75, 3.05) is 4.90 Å². The van der Waals surface area contributed by atoms with Crippen LogP contribution in [0.2, 0.25) is 0 Å². The van der Waals surface area contributed by atoms with Gasteiger partial charge in [-0.1, -0.05) is 0 Å². The lowest BCUT2D eigenvalue weighted by Crippen LogP contribution is -2.30. The summed E-state index contributed by atoms with van der Waals surface area (Å²) >= 11 is 0. The molecule has 1 aliphatic rings. The van der Waals surface area contributed by atoms with Crippen LogP contribution in [0, 0.1) is 11.6 Å². The van der Waals surface area contributed by atoms with Gasteiger partial charge in [-0.2, -0.15) is 0 Å². The molecule has 9 heteroatoms. The van der Waals surface area contributed by atoms with E-state index < -0.39 is 35.1 Å². The first-order chi connectivity index (χ1) is 14.9. The number of rotatable bonds is 3. The van der Waals surface area contributed by atoms with E-state index in [-0.39, 0.29) is 22.8 Å². The molecule has 1 saturated heterocycles. The van der Waals surface area contributed by atoms with Crippen molar-refractivity contribution in [2.24, 2.45) is 0 Å². The molecule has 0 saturated carbocycles. The molecular weight excluding hydrogens is 408 g/mol. The minimum atomic E-state index is -1.13. The number of furan rings is 1. The molecule has 1 fully saturated rings. The molecule has 2 N–H and O–H groups in total. The highest BCUT2D eigenvalue weighted by Gasteiger charge is 2.49. The number of hydrogen-bond donors (Lipinski definition) is 2. The number of amides is 1. The molecular formula is C22H13F2N3O4. The molecule has 3 heterocycles. The fourth-order valence-electron chi connectivity index (χ4n) is 3.61. The Labute approximate surface area is 173 Å². The lowest BCUT2D eigenvalue weighted by molar-refractivity contribution is -0.132. The third kappa shape index (κ3) is 2.98. The SMILES string of the molecule is O=C1C(=O)N(c2nc3ccc(F)cc3[nH]2)C(c2ccco2)/C1=C(\O)c1ccc(F)cc1. The minimum absolute atomic E-state index is 0.0118. The Kier molecular flexibility index (Phi) is 4.18. The summed E-state index contributed by atoms with van der Waals surface area (Å²) < 4.78 is 32.3. The molecule has 0 spiro atoms. The number of benzene rings is 2. The summed E-state index contributed by atoms with van der Waals surface area (Å²) in [6.45, 7) is 0. The molecule has 1 unspecified atom stereocenters. The number of fused-ring (bicyclic) bond motifs is 1. The van der Waals surface area contributed by atoms with E-state index >= 15 is 0 Å². The number of Topliss-reactive ketones (excluding diaryl/α,β-unsaturated/α-hetero) is 1. The first-order valence-electron chi connectivity index (χ1n) is 9.19. The number of nitrogens with zero attached hydrogens (tertiary/aromatic N) is 2. The highest BCUT2D eigenvalue weighted by molar-refractivity contribution is 6.51. The number of imidazole rings is 1. The second-order valence-electron chi connectivity index (χ2n) is 6.91. The van der Waals surface area contributed by atoms with Crippen molar-refractivity contribution in [3.63, 3.8) is 0 Å². The van der Waals surface area contributed by atoms with Crippen LogP contribution in [-0.4, -0.2) is 26.8 Å². The summed E-state index contributed by atoms with van der Waals surface area (Å²) in [5.41, 5.74) is 0.629. The highest BCUT2D eigenvalue weighted by Crippen LogP contribution is 2.41. The van der Waals surface area contributed by atoms with Crippen molar-refractivity contribution in [2.45, 2.75) is 6.04 Å². The molecule has 31 heavy (non-hydrogen) atoms. The maximum Gasteiger partial charge on any atom is 0.302 e. The standard InChI is InChI=1S/C22H13F2N3O4/c23-12-5-3-11(4-6-12)19(28)17-18(16-2-1-9-31-16)27(21(30)20(17)29)22-25-14-8-7-13(24)10-15(14)26-22/h1-10,18,28H,(H,25,26)/b19-17+. The number of nitrogens with one attached hydrogen (secondary N) is 1. The zero-order valence-electron chi connectivity index (χ0n) is 15.7. The average molecular weight is 421 g/mol. The van der Waals surface area contributed by atoms with Crippen molar-refractivity contribution in [3.05, 3.63) is 89.4 Å². The molecule has 2 aromatic carbocycles. The molecule has 1 atom stereocenters. The van der Waals surface area contributed by atoms with E-state index in [1.54, 1.807) is 12.1 Å². The van der Waals surface area contributed by atoms with Crippen LogP contribution in [0.5, 0.6) is 0 Å². The van der Waals surface area contributed by atoms with E-state index in [1.165, 1.54) is 36.6 Å². The van der Waals surface area contributed by atoms with Crippen molar-refractivity contribution >= 4 is 34.4 Å². The number of carbonyl (C=O) groups is 2. The lowest BCUT2D eigenvalue weighted by Gasteiger charge is -2.20. The monoisotopic (exact) mass is 421 g/mol.